The van der Waals surface area contributed by atoms with Crippen LogP contribution in [0.3, 0.4) is 0 Å². The molecule has 12 heteroatoms. The molecule has 4 heterocycles. The number of thiazole rings is 1. The average molecular weight is 458 g/mol. The number of aromatic nitrogens is 6. The molecule has 1 unspecified atom stereocenters. The van der Waals surface area contributed by atoms with E-state index < -0.39 is 12.7 Å². The Morgan fingerprint density at radius 3 is 2.94 bits per heavy atom. The quantitative estimate of drug-likeness (QED) is 0.363. The van der Waals surface area contributed by atoms with E-state index in [9.17, 15) is 5.11 Å². The summed E-state index contributed by atoms with van der Waals surface area (Å²) in [4.78, 5) is 13.9. The second kappa shape index (κ2) is 9.39. The molecule has 1 atom stereocenters. The topological polar surface area (TPSA) is 131 Å². The van der Waals surface area contributed by atoms with E-state index in [0.29, 0.717) is 33.3 Å². The van der Waals surface area contributed by atoms with Gasteiger partial charge in [-0.25, -0.2) is 9.97 Å². The molecule has 0 aliphatic heterocycles. The van der Waals surface area contributed by atoms with Crippen molar-refractivity contribution in [3.63, 3.8) is 0 Å². The van der Waals surface area contributed by atoms with E-state index in [1.807, 2.05) is 30.7 Å². The maximum Gasteiger partial charge on any atom is 0.195 e. The van der Waals surface area contributed by atoms with Gasteiger partial charge in [0, 0.05) is 35.8 Å². The number of rotatable bonds is 8. The van der Waals surface area contributed by atoms with E-state index in [-0.39, 0.29) is 0 Å². The summed E-state index contributed by atoms with van der Waals surface area (Å²) in [6, 6.07) is 5.47. The molecule has 0 amide bonds. The van der Waals surface area contributed by atoms with Crippen LogP contribution in [-0.4, -0.2) is 46.5 Å². The van der Waals surface area contributed by atoms with Gasteiger partial charge in [-0.1, -0.05) is 0 Å². The Balaban J connectivity index is 1.65. The second-order valence-electron chi connectivity index (χ2n) is 6.43. The number of pyridine rings is 2. The van der Waals surface area contributed by atoms with Crippen LogP contribution in [0.2, 0.25) is 0 Å². The SMILES string of the molecule is Cc1ncccc1Oc1cc(Sc2nncn2C)cnc1Nc1nc(C(O)CO)cs1. The van der Waals surface area contributed by atoms with Crippen LogP contribution in [0.15, 0.2) is 52.4 Å². The van der Waals surface area contributed by atoms with E-state index in [1.165, 1.54) is 23.1 Å². The lowest BCUT2D eigenvalue weighted by atomic mass is 10.3. The van der Waals surface area contributed by atoms with Gasteiger partial charge >= 0.3 is 0 Å². The Morgan fingerprint density at radius 2 is 2.19 bits per heavy atom. The van der Waals surface area contributed by atoms with Gasteiger partial charge in [-0.2, -0.15) is 0 Å². The summed E-state index contributed by atoms with van der Waals surface area (Å²) >= 11 is 2.69. The molecule has 0 saturated heterocycles. The van der Waals surface area contributed by atoms with Crippen molar-refractivity contribution in [1.82, 2.24) is 29.7 Å². The third-order valence-electron chi connectivity index (χ3n) is 4.15. The Kier molecular flexibility index (Phi) is 6.42. The monoisotopic (exact) mass is 457 g/mol. The molecule has 0 fully saturated rings. The van der Waals surface area contributed by atoms with Gasteiger partial charge in [0.25, 0.3) is 0 Å². The highest BCUT2D eigenvalue weighted by atomic mass is 32.2. The van der Waals surface area contributed by atoms with Gasteiger partial charge in [-0.05, 0) is 30.8 Å². The van der Waals surface area contributed by atoms with Gasteiger partial charge in [-0.15, -0.1) is 21.5 Å². The number of aryl methyl sites for hydroxylation is 2. The van der Waals surface area contributed by atoms with Crippen molar-refractivity contribution < 1.29 is 14.9 Å². The van der Waals surface area contributed by atoms with Crippen molar-refractivity contribution in [2.75, 3.05) is 11.9 Å². The first-order valence-corrected chi connectivity index (χ1v) is 10.9. The Morgan fingerprint density at radius 1 is 1.32 bits per heavy atom. The predicted octanol–water partition coefficient (Wildman–Crippen LogP) is 3.08. The van der Waals surface area contributed by atoms with Crippen molar-refractivity contribution in [3.8, 4) is 11.5 Å². The van der Waals surface area contributed by atoms with Crippen molar-refractivity contribution in [1.29, 1.82) is 0 Å². The number of hydrogen-bond acceptors (Lipinski definition) is 11. The largest absolute Gasteiger partial charge is 0.452 e. The lowest BCUT2D eigenvalue weighted by Crippen LogP contribution is -2.03. The van der Waals surface area contributed by atoms with E-state index in [2.05, 4.69) is 30.5 Å². The first-order valence-electron chi connectivity index (χ1n) is 9.16. The normalized spacial score (nSPS) is 12.0. The molecule has 0 aromatic carbocycles. The summed E-state index contributed by atoms with van der Waals surface area (Å²) in [5, 5.41) is 32.9. The molecule has 0 aliphatic carbocycles. The van der Waals surface area contributed by atoms with Crippen LogP contribution in [0.1, 0.15) is 17.5 Å². The molecule has 31 heavy (non-hydrogen) atoms. The van der Waals surface area contributed by atoms with Crippen molar-refractivity contribution in [2.24, 2.45) is 7.05 Å². The summed E-state index contributed by atoms with van der Waals surface area (Å²) in [5.41, 5.74) is 1.12. The summed E-state index contributed by atoms with van der Waals surface area (Å²) in [6.45, 7) is 1.46. The fourth-order valence-corrected chi connectivity index (χ4v) is 4.03. The number of nitrogens with zero attached hydrogens (tertiary/aromatic N) is 6. The van der Waals surface area contributed by atoms with Crippen LogP contribution in [0.5, 0.6) is 11.5 Å². The molecular formula is C19H19N7O3S2. The van der Waals surface area contributed by atoms with Gasteiger partial charge in [0.05, 0.1) is 18.0 Å². The highest BCUT2D eigenvalue weighted by molar-refractivity contribution is 7.99. The van der Waals surface area contributed by atoms with Crippen molar-refractivity contribution >= 4 is 34.0 Å². The Hall–Kier alpha value is -3.06. The number of anilines is 2. The Bertz CT molecular complexity index is 1180. The molecule has 160 valence electrons. The predicted molar refractivity (Wildman–Crippen MR) is 116 cm³/mol. The lowest BCUT2D eigenvalue weighted by molar-refractivity contribution is 0.0928. The van der Waals surface area contributed by atoms with E-state index in [0.717, 1.165) is 10.6 Å². The minimum absolute atomic E-state index is 0.384. The van der Waals surface area contributed by atoms with Gasteiger partial charge < -0.3 is 24.8 Å². The van der Waals surface area contributed by atoms with Crippen LogP contribution in [0, 0.1) is 6.92 Å². The zero-order valence-electron chi connectivity index (χ0n) is 16.6. The molecule has 4 aromatic heterocycles. The first kappa shape index (κ1) is 21.2. The molecule has 3 N–H and O–H groups in total. The van der Waals surface area contributed by atoms with Gasteiger partial charge in [0.15, 0.2) is 21.9 Å². The first-order chi connectivity index (χ1) is 15.0. The third-order valence-corrected chi connectivity index (χ3v) is 5.93. The maximum atomic E-state index is 9.77. The van der Waals surface area contributed by atoms with E-state index >= 15 is 0 Å². The highest BCUT2D eigenvalue weighted by Crippen LogP contribution is 2.36. The van der Waals surface area contributed by atoms with Crippen molar-refractivity contribution in [2.45, 2.75) is 23.1 Å². The number of hydrogen-bond donors (Lipinski definition) is 3. The number of ether oxygens (including phenoxy) is 1. The number of nitrogens with one attached hydrogen (secondary N) is 1. The average Bonchev–Trinajstić information content (AvgIpc) is 3.40. The maximum absolute atomic E-state index is 9.77. The summed E-state index contributed by atoms with van der Waals surface area (Å²) in [6.07, 6.45) is 3.99. The third kappa shape index (κ3) is 4.99. The molecule has 0 saturated carbocycles. The molecule has 4 rings (SSSR count). The van der Waals surface area contributed by atoms with Crippen LogP contribution in [0.4, 0.5) is 10.9 Å². The molecule has 0 spiro atoms. The summed E-state index contributed by atoms with van der Waals surface area (Å²) in [7, 11) is 1.86. The fraction of sp³-hybridized carbons (Fsp3) is 0.211. The standard InChI is InChI=1S/C19H19N7O3S2/c1-11-15(4-3-5-20-11)29-16-6-12(31-19-25-22-10-26(19)2)7-21-17(16)24-18-23-13(9-30-18)14(28)8-27/h3-7,9-10,14,27-28H,8H2,1-2H3,(H,21,23,24). The highest BCUT2D eigenvalue weighted by Gasteiger charge is 2.16. The Labute approximate surface area is 186 Å². The van der Waals surface area contributed by atoms with E-state index in [1.54, 1.807) is 30.2 Å². The molecular weight excluding hydrogens is 438 g/mol. The van der Waals surface area contributed by atoms with E-state index in [4.69, 9.17) is 9.84 Å². The minimum atomic E-state index is -1.03. The zero-order chi connectivity index (χ0) is 21.8. The van der Waals surface area contributed by atoms with Crippen LogP contribution >= 0.6 is 23.1 Å². The fourth-order valence-electron chi connectivity index (χ4n) is 2.51. The minimum Gasteiger partial charge on any atom is -0.452 e. The summed E-state index contributed by atoms with van der Waals surface area (Å²) in [5.74, 6) is 1.52. The lowest BCUT2D eigenvalue weighted by Gasteiger charge is -2.13. The van der Waals surface area contributed by atoms with Gasteiger partial charge in [-0.3, -0.25) is 4.98 Å². The molecule has 0 radical (unpaired) electrons. The van der Waals surface area contributed by atoms with Crippen LogP contribution in [0.25, 0.3) is 0 Å². The van der Waals surface area contributed by atoms with Crippen LogP contribution in [-0.2, 0) is 7.05 Å². The van der Waals surface area contributed by atoms with Gasteiger partial charge in [0.2, 0.25) is 0 Å². The van der Waals surface area contributed by atoms with Gasteiger partial charge in [0.1, 0.15) is 18.2 Å². The molecule has 10 nitrogen and oxygen atoms in total. The molecule has 4 aromatic rings. The smallest absolute Gasteiger partial charge is 0.195 e. The second-order valence-corrected chi connectivity index (χ2v) is 8.33. The number of aliphatic hydroxyl groups is 2. The van der Waals surface area contributed by atoms with Crippen LogP contribution < -0.4 is 10.1 Å². The zero-order valence-corrected chi connectivity index (χ0v) is 18.3. The molecule has 0 bridgehead atoms. The number of aliphatic hydroxyl groups excluding tert-OH is 2. The summed E-state index contributed by atoms with van der Waals surface area (Å²) < 4.78 is 7.93. The van der Waals surface area contributed by atoms with Crippen molar-refractivity contribution in [3.05, 3.63) is 53.7 Å². The molecule has 0 aliphatic rings.